The molecule has 0 spiro atoms. The zero-order chi connectivity index (χ0) is 16.3. The van der Waals surface area contributed by atoms with E-state index < -0.39 is 10.0 Å². The van der Waals surface area contributed by atoms with Crippen molar-refractivity contribution in [1.29, 1.82) is 0 Å². The van der Waals surface area contributed by atoms with Gasteiger partial charge in [0.15, 0.2) is 0 Å². The topological polar surface area (TPSA) is 57.6 Å². The molecule has 0 aliphatic carbocycles. The van der Waals surface area contributed by atoms with Crippen molar-refractivity contribution in [2.24, 2.45) is 0 Å². The maximum atomic E-state index is 13.2. The van der Waals surface area contributed by atoms with E-state index in [0.717, 1.165) is 5.39 Å². The Morgan fingerprint density at radius 1 is 0.826 bits per heavy atom. The summed E-state index contributed by atoms with van der Waals surface area (Å²) in [6, 6.07) is 21.4. The number of sulfonamides is 1. The largest absolute Gasteiger partial charge is 0.394 e. The number of hydrogen-bond donors (Lipinski definition) is 1. The van der Waals surface area contributed by atoms with Crippen LogP contribution in [0.5, 0.6) is 0 Å². The molecule has 0 aromatic heterocycles. The molecule has 0 fully saturated rings. The average Bonchev–Trinajstić information content (AvgIpc) is 2.59. The first-order valence-corrected chi connectivity index (χ1v) is 8.75. The molecule has 0 heterocycles. The molecule has 3 aromatic rings. The van der Waals surface area contributed by atoms with Crippen LogP contribution in [0, 0.1) is 0 Å². The SMILES string of the molecule is O=S(=O)(c1cccc2ccccc12)N(CCO)c1ccccc1. The van der Waals surface area contributed by atoms with Crippen molar-refractivity contribution in [2.45, 2.75) is 4.90 Å². The van der Waals surface area contributed by atoms with Gasteiger partial charge in [-0.15, -0.1) is 0 Å². The lowest BCUT2D eigenvalue weighted by atomic mass is 10.1. The molecule has 23 heavy (non-hydrogen) atoms. The van der Waals surface area contributed by atoms with Crippen molar-refractivity contribution < 1.29 is 13.5 Å². The monoisotopic (exact) mass is 327 g/mol. The molecule has 118 valence electrons. The van der Waals surface area contributed by atoms with Gasteiger partial charge in [-0.25, -0.2) is 8.42 Å². The highest BCUT2D eigenvalue weighted by molar-refractivity contribution is 7.93. The maximum Gasteiger partial charge on any atom is 0.265 e. The maximum absolute atomic E-state index is 13.2. The summed E-state index contributed by atoms with van der Waals surface area (Å²) in [5.41, 5.74) is 0.537. The van der Waals surface area contributed by atoms with Crippen LogP contribution in [-0.2, 0) is 10.0 Å². The second kappa shape index (κ2) is 6.40. The third kappa shape index (κ3) is 2.93. The number of aliphatic hydroxyl groups is 1. The van der Waals surface area contributed by atoms with Crippen LogP contribution in [0.2, 0.25) is 0 Å². The fraction of sp³-hybridized carbons (Fsp3) is 0.111. The normalized spacial score (nSPS) is 11.5. The Labute approximate surface area is 135 Å². The van der Waals surface area contributed by atoms with Crippen molar-refractivity contribution in [1.82, 2.24) is 0 Å². The van der Waals surface area contributed by atoms with E-state index in [9.17, 15) is 13.5 Å². The van der Waals surface area contributed by atoms with Gasteiger partial charge in [-0.05, 0) is 23.6 Å². The van der Waals surface area contributed by atoms with E-state index in [4.69, 9.17) is 0 Å². The second-order valence-electron chi connectivity index (χ2n) is 5.11. The Balaban J connectivity index is 2.18. The van der Waals surface area contributed by atoms with E-state index in [-0.39, 0.29) is 18.0 Å². The third-order valence-electron chi connectivity index (χ3n) is 3.66. The summed E-state index contributed by atoms with van der Waals surface area (Å²) in [5.74, 6) is 0. The number of rotatable bonds is 5. The average molecular weight is 327 g/mol. The number of fused-ring (bicyclic) bond motifs is 1. The molecular weight excluding hydrogens is 310 g/mol. The summed E-state index contributed by atoms with van der Waals surface area (Å²) >= 11 is 0. The lowest BCUT2D eigenvalue weighted by molar-refractivity contribution is 0.306. The number of aliphatic hydroxyl groups excluding tert-OH is 1. The number of benzene rings is 3. The molecule has 0 radical (unpaired) electrons. The number of nitrogens with zero attached hydrogens (tertiary/aromatic N) is 1. The summed E-state index contributed by atoms with van der Waals surface area (Å²) in [6.07, 6.45) is 0. The summed E-state index contributed by atoms with van der Waals surface area (Å²) in [5, 5.41) is 10.9. The van der Waals surface area contributed by atoms with Gasteiger partial charge in [-0.1, -0.05) is 54.6 Å². The zero-order valence-corrected chi connectivity index (χ0v) is 13.3. The van der Waals surface area contributed by atoms with Gasteiger partial charge < -0.3 is 5.11 Å². The van der Waals surface area contributed by atoms with Gasteiger partial charge in [0, 0.05) is 5.39 Å². The third-order valence-corrected chi connectivity index (χ3v) is 5.55. The first-order valence-electron chi connectivity index (χ1n) is 7.31. The summed E-state index contributed by atoms with van der Waals surface area (Å²) in [7, 11) is -3.77. The first-order chi connectivity index (χ1) is 11.1. The van der Waals surface area contributed by atoms with Crippen LogP contribution >= 0.6 is 0 Å². The molecule has 0 bridgehead atoms. The quantitative estimate of drug-likeness (QED) is 0.783. The Hall–Kier alpha value is -2.37. The Bertz CT molecular complexity index is 902. The van der Waals surface area contributed by atoms with Crippen LogP contribution in [0.1, 0.15) is 0 Å². The van der Waals surface area contributed by atoms with E-state index in [1.165, 1.54) is 4.31 Å². The summed E-state index contributed by atoms with van der Waals surface area (Å²) in [6.45, 7) is -0.242. The Morgan fingerprint density at radius 2 is 1.48 bits per heavy atom. The minimum Gasteiger partial charge on any atom is -0.394 e. The molecule has 5 heteroatoms. The van der Waals surface area contributed by atoms with E-state index >= 15 is 0 Å². The number of para-hydroxylation sites is 1. The molecule has 0 aliphatic heterocycles. The molecule has 0 saturated heterocycles. The van der Waals surface area contributed by atoms with Gasteiger partial charge in [-0.2, -0.15) is 0 Å². The predicted octanol–water partition coefficient (Wildman–Crippen LogP) is 3.03. The highest BCUT2D eigenvalue weighted by Gasteiger charge is 2.26. The zero-order valence-electron chi connectivity index (χ0n) is 12.5. The number of hydrogen-bond acceptors (Lipinski definition) is 3. The van der Waals surface area contributed by atoms with Crippen molar-refractivity contribution in [3.05, 3.63) is 72.8 Å². The van der Waals surface area contributed by atoms with E-state index in [1.54, 1.807) is 42.5 Å². The molecule has 0 aliphatic rings. The van der Waals surface area contributed by atoms with Crippen LogP contribution in [0.25, 0.3) is 10.8 Å². The standard InChI is InChI=1S/C18H17NO3S/c20-14-13-19(16-9-2-1-3-10-16)23(21,22)18-12-6-8-15-7-4-5-11-17(15)18/h1-12,20H,13-14H2. The van der Waals surface area contributed by atoms with Gasteiger partial charge >= 0.3 is 0 Å². The summed E-state index contributed by atoms with van der Waals surface area (Å²) < 4.78 is 27.5. The summed E-state index contributed by atoms with van der Waals surface area (Å²) in [4.78, 5) is 0.243. The Morgan fingerprint density at radius 3 is 2.22 bits per heavy atom. The highest BCUT2D eigenvalue weighted by Crippen LogP contribution is 2.28. The molecule has 0 atom stereocenters. The molecule has 0 unspecified atom stereocenters. The lowest BCUT2D eigenvalue weighted by Crippen LogP contribution is -2.33. The lowest BCUT2D eigenvalue weighted by Gasteiger charge is -2.24. The van der Waals surface area contributed by atoms with Crippen LogP contribution in [0.3, 0.4) is 0 Å². The highest BCUT2D eigenvalue weighted by atomic mass is 32.2. The van der Waals surface area contributed by atoms with Crippen molar-refractivity contribution in [2.75, 3.05) is 17.5 Å². The molecule has 0 saturated carbocycles. The fourth-order valence-corrected chi connectivity index (χ4v) is 4.29. The van der Waals surface area contributed by atoms with E-state index in [2.05, 4.69) is 0 Å². The van der Waals surface area contributed by atoms with Gasteiger partial charge in [0.25, 0.3) is 10.0 Å². The molecule has 3 rings (SSSR count). The van der Waals surface area contributed by atoms with E-state index in [0.29, 0.717) is 11.1 Å². The minimum atomic E-state index is -3.77. The molecule has 0 amide bonds. The molecule has 4 nitrogen and oxygen atoms in total. The predicted molar refractivity (Wildman–Crippen MR) is 92.0 cm³/mol. The molecular formula is C18H17NO3S. The van der Waals surface area contributed by atoms with Crippen molar-refractivity contribution >= 4 is 26.5 Å². The smallest absolute Gasteiger partial charge is 0.265 e. The minimum absolute atomic E-state index is 0.00949. The second-order valence-corrected chi connectivity index (χ2v) is 6.94. The van der Waals surface area contributed by atoms with Crippen LogP contribution in [0.4, 0.5) is 5.69 Å². The van der Waals surface area contributed by atoms with Crippen LogP contribution < -0.4 is 4.31 Å². The van der Waals surface area contributed by atoms with Gasteiger partial charge in [0.1, 0.15) is 0 Å². The van der Waals surface area contributed by atoms with Gasteiger partial charge in [0.2, 0.25) is 0 Å². The molecule has 3 aromatic carbocycles. The van der Waals surface area contributed by atoms with Crippen molar-refractivity contribution in [3.8, 4) is 0 Å². The van der Waals surface area contributed by atoms with Crippen LogP contribution in [0.15, 0.2) is 77.7 Å². The fourth-order valence-electron chi connectivity index (χ4n) is 2.61. The van der Waals surface area contributed by atoms with Gasteiger partial charge in [0.05, 0.1) is 23.7 Å². The first kappa shape index (κ1) is 15.5. The number of anilines is 1. The van der Waals surface area contributed by atoms with Crippen molar-refractivity contribution in [3.63, 3.8) is 0 Å². The van der Waals surface area contributed by atoms with E-state index in [1.807, 2.05) is 30.3 Å². The molecule has 1 N–H and O–H groups in total. The van der Waals surface area contributed by atoms with Gasteiger partial charge in [-0.3, -0.25) is 4.31 Å². The van der Waals surface area contributed by atoms with Crippen LogP contribution in [-0.4, -0.2) is 26.7 Å². The Kier molecular flexibility index (Phi) is 4.32.